The zero-order valence-corrected chi connectivity index (χ0v) is 19.0. The van der Waals surface area contributed by atoms with Crippen molar-refractivity contribution < 1.29 is 9.53 Å². The van der Waals surface area contributed by atoms with Gasteiger partial charge in [0, 0.05) is 47.4 Å². The molecule has 0 radical (unpaired) electrons. The Morgan fingerprint density at radius 2 is 2.12 bits per heavy atom. The number of likely N-dealkylation sites (N-methyl/N-ethyl adjacent to an activating group) is 1. The molecule has 152 valence electrons. The Labute approximate surface area is 175 Å². The molecule has 2 atom stereocenters. The van der Waals surface area contributed by atoms with Crippen LogP contribution in [0.4, 0.5) is 0 Å². The number of aliphatic imine (C=N–C) groups is 1. The SMILES string of the molecule is CN=C(NCCCN1CCCC1C(=O)N(C)C)NCC1(C)CCCO1.I. The lowest BCUT2D eigenvalue weighted by Crippen LogP contribution is -2.46. The fourth-order valence-corrected chi connectivity index (χ4v) is 3.63. The first-order valence-corrected chi connectivity index (χ1v) is 9.49. The monoisotopic (exact) mass is 481 g/mol. The van der Waals surface area contributed by atoms with Crippen molar-refractivity contribution in [1.82, 2.24) is 20.4 Å². The normalized spacial score (nSPS) is 26.5. The van der Waals surface area contributed by atoms with E-state index >= 15 is 0 Å². The molecule has 2 saturated heterocycles. The second kappa shape index (κ2) is 11.3. The molecule has 2 aliphatic heterocycles. The van der Waals surface area contributed by atoms with Crippen LogP contribution in [0.2, 0.25) is 0 Å². The highest BCUT2D eigenvalue weighted by Crippen LogP contribution is 2.23. The van der Waals surface area contributed by atoms with Gasteiger partial charge in [0.1, 0.15) is 0 Å². The quantitative estimate of drug-likeness (QED) is 0.248. The number of hydrogen-bond acceptors (Lipinski definition) is 4. The largest absolute Gasteiger partial charge is 0.373 e. The third kappa shape index (κ3) is 6.84. The molecule has 0 aromatic rings. The van der Waals surface area contributed by atoms with Gasteiger partial charge in [-0.2, -0.15) is 0 Å². The Morgan fingerprint density at radius 3 is 2.73 bits per heavy atom. The smallest absolute Gasteiger partial charge is 0.239 e. The second-order valence-corrected chi connectivity index (χ2v) is 7.53. The van der Waals surface area contributed by atoms with Crippen LogP contribution in [0.25, 0.3) is 0 Å². The number of carbonyl (C=O) groups is 1. The number of ether oxygens (including phenoxy) is 1. The summed E-state index contributed by atoms with van der Waals surface area (Å²) >= 11 is 0. The molecule has 0 aliphatic carbocycles. The lowest BCUT2D eigenvalue weighted by atomic mass is 10.0. The van der Waals surface area contributed by atoms with Crippen LogP contribution < -0.4 is 10.6 Å². The van der Waals surface area contributed by atoms with E-state index < -0.39 is 0 Å². The molecule has 0 spiro atoms. The Bertz CT molecular complexity index is 466. The molecule has 2 fully saturated rings. The first kappa shape index (κ1) is 23.4. The molecule has 8 heteroatoms. The van der Waals surface area contributed by atoms with Crippen LogP contribution in [0.1, 0.15) is 39.0 Å². The minimum Gasteiger partial charge on any atom is -0.373 e. The Hall–Kier alpha value is -0.610. The molecule has 0 aromatic carbocycles. The molecule has 2 unspecified atom stereocenters. The summed E-state index contributed by atoms with van der Waals surface area (Å²) in [7, 11) is 5.47. The van der Waals surface area contributed by atoms with Gasteiger partial charge in [-0.3, -0.25) is 14.7 Å². The number of rotatable bonds is 7. The van der Waals surface area contributed by atoms with Crippen molar-refractivity contribution >= 4 is 35.8 Å². The van der Waals surface area contributed by atoms with Crippen molar-refractivity contribution in [3.8, 4) is 0 Å². The number of likely N-dealkylation sites (tertiary alicyclic amines) is 1. The van der Waals surface area contributed by atoms with E-state index in [2.05, 4.69) is 27.4 Å². The van der Waals surface area contributed by atoms with E-state index in [-0.39, 0.29) is 41.5 Å². The molecule has 0 aromatic heterocycles. The zero-order valence-electron chi connectivity index (χ0n) is 16.7. The molecular weight excluding hydrogens is 445 g/mol. The summed E-state index contributed by atoms with van der Waals surface area (Å²) in [6, 6.07) is 0.0619. The van der Waals surface area contributed by atoms with Crippen LogP contribution in [0.5, 0.6) is 0 Å². The van der Waals surface area contributed by atoms with Crippen molar-refractivity contribution in [2.75, 3.05) is 53.9 Å². The molecule has 26 heavy (non-hydrogen) atoms. The molecule has 2 aliphatic rings. The third-order valence-electron chi connectivity index (χ3n) is 5.16. The van der Waals surface area contributed by atoms with E-state index in [0.717, 1.165) is 70.8 Å². The van der Waals surface area contributed by atoms with E-state index in [9.17, 15) is 4.79 Å². The van der Waals surface area contributed by atoms with Crippen molar-refractivity contribution in [2.24, 2.45) is 4.99 Å². The summed E-state index contributed by atoms with van der Waals surface area (Å²) < 4.78 is 5.79. The van der Waals surface area contributed by atoms with Gasteiger partial charge in [-0.05, 0) is 45.6 Å². The first-order chi connectivity index (χ1) is 11.9. The standard InChI is InChI=1S/C18H35N5O2.HI/c1-18(9-6-13-25-18)14-21-17(19-2)20-10-7-12-23-11-5-8-15(23)16(24)22(3)4;/h15H,5-14H2,1-4H3,(H2,19,20,21);1H. The summed E-state index contributed by atoms with van der Waals surface area (Å²) in [6.07, 6.45) is 5.30. The minimum atomic E-state index is -0.0765. The van der Waals surface area contributed by atoms with Gasteiger partial charge >= 0.3 is 0 Å². The van der Waals surface area contributed by atoms with Crippen molar-refractivity contribution in [1.29, 1.82) is 0 Å². The molecule has 2 rings (SSSR count). The maximum absolute atomic E-state index is 12.2. The summed E-state index contributed by atoms with van der Waals surface area (Å²) in [5, 5.41) is 6.72. The average molecular weight is 481 g/mol. The number of guanidine groups is 1. The maximum Gasteiger partial charge on any atom is 0.239 e. The molecule has 1 amide bonds. The topological polar surface area (TPSA) is 69.2 Å². The number of carbonyl (C=O) groups excluding carboxylic acids is 1. The Balaban J connectivity index is 0.00000338. The predicted octanol–water partition coefficient (Wildman–Crippen LogP) is 1.28. The zero-order chi connectivity index (χ0) is 18.3. The Kier molecular flexibility index (Phi) is 10.2. The van der Waals surface area contributed by atoms with Crippen LogP contribution >= 0.6 is 24.0 Å². The molecule has 2 heterocycles. The van der Waals surface area contributed by atoms with Gasteiger partial charge in [0.2, 0.25) is 5.91 Å². The molecular formula is C18H36IN5O2. The van der Waals surface area contributed by atoms with E-state index in [1.165, 1.54) is 0 Å². The summed E-state index contributed by atoms with van der Waals surface area (Å²) in [5.74, 6) is 1.05. The maximum atomic E-state index is 12.2. The van der Waals surface area contributed by atoms with Gasteiger partial charge in [-0.15, -0.1) is 24.0 Å². The second-order valence-electron chi connectivity index (χ2n) is 7.53. The third-order valence-corrected chi connectivity index (χ3v) is 5.16. The van der Waals surface area contributed by atoms with Crippen LogP contribution in [-0.2, 0) is 9.53 Å². The molecule has 0 saturated carbocycles. The molecule has 2 N–H and O–H groups in total. The van der Waals surface area contributed by atoms with E-state index in [1.54, 1.807) is 11.9 Å². The van der Waals surface area contributed by atoms with Gasteiger partial charge in [-0.1, -0.05) is 0 Å². The lowest BCUT2D eigenvalue weighted by Gasteiger charge is -2.26. The van der Waals surface area contributed by atoms with Crippen LogP contribution in [0.3, 0.4) is 0 Å². The first-order valence-electron chi connectivity index (χ1n) is 9.49. The average Bonchev–Trinajstić information content (AvgIpc) is 3.23. The van der Waals surface area contributed by atoms with Crippen LogP contribution in [-0.4, -0.2) is 87.2 Å². The van der Waals surface area contributed by atoms with Crippen molar-refractivity contribution in [3.63, 3.8) is 0 Å². The number of hydrogen-bond donors (Lipinski definition) is 2. The van der Waals surface area contributed by atoms with Gasteiger partial charge in [-0.25, -0.2) is 0 Å². The molecule has 0 bridgehead atoms. The Morgan fingerprint density at radius 1 is 1.35 bits per heavy atom. The van der Waals surface area contributed by atoms with Gasteiger partial charge in [0.15, 0.2) is 5.96 Å². The van der Waals surface area contributed by atoms with Gasteiger partial charge < -0.3 is 20.3 Å². The number of halogens is 1. The minimum absolute atomic E-state index is 0. The highest BCUT2D eigenvalue weighted by molar-refractivity contribution is 14.0. The lowest BCUT2D eigenvalue weighted by molar-refractivity contribution is -0.133. The highest BCUT2D eigenvalue weighted by atomic mass is 127. The van der Waals surface area contributed by atoms with Crippen LogP contribution in [0.15, 0.2) is 4.99 Å². The molecule has 7 nitrogen and oxygen atoms in total. The van der Waals surface area contributed by atoms with E-state index in [4.69, 9.17) is 4.74 Å². The van der Waals surface area contributed by atoms with Crippen LogP contribution in [0, 0.1) is 0 Å². The summed E-state index contributed by atoms with van der Waals surface area (Å²) in [6.45, 7) is 6.58. The summed E-state index contributed by atoms with van der Waals surface area (Å²) in [5.41, 5.74) is -0.0765. The predicted molar refractivity (Wildman–Crippen MR) is 116 cm³/mol. The summed E-state index contributed by atoms with van der Waals surface area (Å²) in [4.78, 5) is 20.5. The van der Waals surface area contributed by atoms with E-state index in [0.29, 0.717) is 0 Å². The van der Waals surface area contributed by atoms with Gasteiger partial charge in [0.25, 0.3) is 0 Å². The fraction of sp³-hybridized carbons (Fsp3) is 0.889. The van der Waals surface area contributed by atoms with E-state index in [1.807, 2.05) is 14.1 Å². The number of amides is 1. The number of nitrogens with zero attached hydrogens (tertiary/aromatic N) is 3. The fourth-order valence-electron chi connectivity index (χ4n) is 3.63. The van der Waals surface area contributed by atoms with Crippen molar-refractivity contribution in [2.45, 2.75) is 50.7 Å². The van der Waals surface area contributed by atoms with Gasteiger partial charge in [0.05, 0.1) is 11.6 Å². The number of nitrogens with one attached hydrogen (secondary N) is 2. The highest BCUT2D eigenvalue weighted by Gasteiger charge is 2.31. The van der Waals surface area contributed by atoms with Crippen molar-refractivity contribution in [3.05, 3.63) is 0 Å².